The quantitative estimate of drug-likeness (QED) is 0.813. The minimum atomic E-state index is -3.76. The van der Waals surface area contributed by atoms with E-state index in [4.69, 9.17) is 4.74 Å². The minimum absolute atomic E-state index is 0.127. The van der Waals surface area contributed by atoms with Gasteiger partial charge in [0.25, 0.3) is 0 Å². The Morgan fingerprint density at radius 1 is 1.21 bits per heavy atom. The van der Waals surface area contributed by atoms with Crippen LogP contribution in [0, 0.1) is 5.92 Å². The highest BCUT2D eigenvalue weighted by Gasteiger charge is 2.31. The van der Waals surface area contributed by atoms with Gasteiger partial charge in [0, 0.05) is 13.1 Å². The van der Waals surface area contributed by atoms with E-state index in [1.54, 1.807) is 17.0 Å². The smallest absolute Gasteiger partial charge is 0.241 e. The van der Waals surface area contributed by atoms with Crippen LogP contribution < -0.4 is 9.46 Å². The summed E-state index contributed by atoms with van der Waals surface area (Å²) in [4.78, 5) is 14.6. The Balaban J connectivity index is 2.18. The SMILES string of the molecule is COc1ccc(S(=O)(=O)NC(CC(C)C)C(=O)N2CCCC2)cc1. The predicted octanol–water partition coefficient (Wildman–Crippen LogP) is 2.01. The number of carbonyl (C=O) groups is 1. The Labute approximate surface area is 144 Å². The minimum Gasteiger partial charge on any atom is -0.497 e. The summed E-state index contributed by atoms with van der Waals surface area (Å²) in [6.07, 6.45) is 2.43. The lowest BCUT2D eigenvalue weighted by molar-refractivity contribution is -0.132. The maximum Gasteiger partial charge on any atom is 0.241 e. The van der Waals surface area contributed by atoms with Crippen molar-refractivity contribution in [1.82, 2.24) is 9.62 Å². The summed E-state index contributed by atoms with van der Waals surface area (Å²) in [5.74, 6) is 0.666. The number of hydrogen-bond acceptors (Lipinski definition) is 4. The molecule has 2 rings (SSSR count). The maximum atomic E-state index is 12.7. The van der Waals surface area contributed by atoms with Crippen LogP contribution >= 0.6 is 0 Å². The summed E-state index contributed by atoms with van der Waals surface area (Å²) >= 11 is 0. The molecule has 1 saturated heterocycles. The molecule has 0 bridgehead atoms. The topological polar surface area (TPSA) is 75.7 Å². The molecule has 6 nitrogen and oxygen atoms in total. The van der Waals surface area contributed by atoms with Gasteiger partial charge >= 0.3 is 0 Å². The van der Waals surface area contributed by atoms with E-state index in [0.717, 1.165) is 12.8 Å². The molecule has 1 aliphatic rings. The van der Waals surface area contributed by atoms with Crippen molar-refractivity contribution in [1.29, 1.82) is 0 Å². The molecular weight excluding hydrogens is 328 g/mol. The fraction of sp³-hybridized carbons (Fsp3) is 0.588. The Morgan fingerprint density at radius 2 is 1.79 bits per heavy atom. The van der Waals surface area contributed by atoms with E-state index in [9.17, 15) is 13.2 Å². The van der Waals surface area contributed by atoms with Gasteiger partial charge in [-0.2, -0.15) is 4.72 Å². The third-order valence-corrected chi connectivity index (χ3v) is 5.58. The molecular formula is C17H26N2O4S. The van der Waals surface area contributed by atoms with Crippen LogP contribution in [0.1, 0.15) is 33.1 Å². The summed E-state index contributed by atoms with van der Waals surface area (Å²) in [5.41, 5.74) is 0. The van der Waals surface area contributed by atoms with Crippen molar-refractivity contribution >= 4 is 15.9 Å². The van der Waals surface area contributed by atoms with Gasteiger partial charge in [-0.3, -0.25) is 4.79 Å². The van der Waals surface area contributed by atoms with E-state index in [-0.39, 0.29) is 16.7 Å². The molecule has 1 fully saturated rings. The van der Waals surface area contributed by atoms with Gasteiger partial charge in [0.1, 0.15) is 11.8 Å². The molecule has 1 heterocycles. The second-order valence-corrected chi connectivity index (χ2v) is 8.23. The first-order chi connectivity index (χ1) is 11.3. The molecule has 1 aliphatic heterocycles. The first-order valence-electron chi connectivity index (χ1n) is 8.28. The molecule has 7 heteroatoms. The third kappa shape index (κ3) is 4.70. The zero-order chi connectivity index (χ0) is 17.7. The average molecular weight is 354 g/mol. The summed E-state index contributed by atoms with van der Waals surface area (Å²) in [6.45, 7) is 5.37. The van der Waals surface area contributed by atoms with Crippen LogP contribution in [0.25, 0.3) is 0 Å². The van der Waals surface area contributed by atoms with Gasteiger partial charge in [-0.1, -0.05) is 13.8 Å². The predicted molar refractivity (Wildman–Crippen MR) is 92.4 cm³/mol. The second kappa shape index (κ2) is 7.98. The Kier molecular flexibility index (Phi) is 6.23. The molecule has 0 radical (unpaired) electrons. The first-order valence-corrected chi connectivity index (χ1v) is 9.77. The Hall–Kier alpha value is -1.60. The normalized spacial score (nSPS) is 16.4. The van der Waals surface area contributed by atoms with Crippen molar-refractivity contribution < 1.29 is 17.9 Å². The molecule has 1 aromatic rings. The largest absolute Gasteiger partial charge is 0.497 e. The molecule has 0 aliphatic carbocycles. The van der Waals surface area contributed by atoms with Crippen LogP contribution in [0.15, 0.2) is 29.2 Å². The third-order valence-electron chi connectivity index (χ3n) is 4.09. The number of benzene rings is 1. The van der Waals surface area contributed by atoms with Crippen LogP contribution in [0.3, 0.4) is 0 Å². The number of ether oxygens (including phenoxy) is 1. The molecule has 1 amide bonds. The molecule has 1 aromatic carbocycles. The number of amides is 1. The number of sulfonamides is 1. The number of hydrogen-bond donors (Lipinski definition) is 1. The van der Waals surface area contributed by atoms with Gasteiger partial charge in [-0.05, 0) is 49.4 Å². The fourth-order valence-electron chi connectivity index (χ4n) is 2.84. The Morgan fingerprint density at radius 3 is 2.29 bits per heavy atom. The fourth-order valence-corrected chi connectivity index (χ4v) is 4.04. The lowest BCUT2D eigenvalue weighted by atomic mass is 10.0. The molecule has 134 valence electrons. The molecule has 0 aromatic heterocycles. The number of rotatable bonds is 7. The molecule has 0 spiro atoms. The van der Waals surface area contributed by atoms with Crippen LogP contribution in [0.4, 0.5) is 0 Å². The van der Waals surface area contributed by atoms with Crippen LogP contribution in [0.5, 0.6) is 5.75 Å². The van der Waals surface area contributed by atoms with E-state index in [2.05, 4.69) is 4.72 Å². The number of nitrogens with zero attached hydrogens (tertiary/aromatic N) is 1. The van der Waals surface area contributed by atoms with Crippen molar-refractivity contribution in [3.8, 4) is 5.75 Å². The molecule has 1 N–H and O–H groups in total. The van der Waals surface area contributed by atoms with Gasteiger partial charge in [0.15, 0.2) is 0 Å². The van der Waals surface area contributed by atoms with Crippen LogP contribution in [-0.4, -0.2) is 45.5 Å². The van der Waals surface area contributed by atoms with Gasteiger partial charge < -0.3 is 9.64 Å². The number of methoxy groups -OCH3 is 1. The highest BCUT2D eigenvalue weighted by atomic mass is 32.2. The lowest BCUT2D eigenvalue weighted by Gasteiger charge is -2.25. The van der Waals surface area contributed by atoms with E-state index in [1.807, 2.05) is 13.8 Å². The molecule has 24 heavy (non-hydrogen) atoms. The molecule has 0 saturated carbocycles. The summed E-state index contributed by atoms with van der Waals surface area (Å²) in [6, 6.07) is 5.42. The van der Waals surface area contributed by atoms with Crippen molar-refractivity contribution in [2.75, 3.05) is 20.2 Å². The lowest BCUT2D eigenvalue weighted by Crippen LogP contribution is -2.48. The van der Waals surface area contributed by atoms with E-state index in [0.29, 0.717) is 25.3 Å². The number of likely N-dealkylation sites (tertiary alicyclic amines) is 1. The van der Waals surface area contributed by atoms with Gasteiger partial charge in [0.05, 0.1) is 12.0 Å². The van der Waals surface area contributed by atoms with Crippen molar-refractivity contribution in [2.45, 2.75) is 44.0 Å². The number of carbonyl (C=O) groups excluding carboxylic acids is 1. The highest BCUT2D eigenvalue weighted by Crippen LogP contribution is 2.18. The van der Waals surface area contributed by atoms with Crippen molar-refractivity contribution in [3.63, 3.8) is 0 Å². The Bertz CT molecular complexity index is 650. The van der Waals surface area contributed by atoms with Gasteiger partial charge in [-0.15, -0.1) is 0 Å². The summed E-state index contributed by atoms with van der Waals surface area (Å²) in [5, 5.41) is 0. The maximum absolute atomic E-state index is 12.7. The zero-order valence-electron chi connectivity index (χ0n) is 14.5. The zero-order valence-corrected chi connectivity index (χ0v) is 15.3. The first kappa shape index (κ1) is 18.7. The molecule has 1 atom stereocenters. The summed E-state index contributed by atoms with van der Waals surface area (Å²) < 4.78 is 32.9. The van der Waals surface area contributed by atoms with E-state index < -0.39 is 16.1 Å². The van der Waals surface area contributed by atoms with Crippen LogP contribution in [-0.2, 0) is 14.8 Å². The van der Waals surface area contributed by atoms with Crippen molar-refractivity contribution in [3.05, 3.63) is 24.3 Å². The van der Waals surface area contributed by atoms with Crippen molar-refractivity contribution in [2.24, 2.45) is 5.92 Å². The summed E-state index contributed by atoms with van der Waals surface area (Å²) in [7, 11) is -2.23. The molecule has 1 unspecified atom stereocenters. The highest BCUT2D eigenvalue weighted by molar-refractivity contribution is 7.89. The second-order valence-electron chi connectivity index (χ2n) is 6.51. The monoisotopic (exact) mass is 354 g/mol. The van der Waals surface area contributed by atoms with E-state index >= 15 is 0 Å². The standard InChI is InChI=1S/C17H26N2O4S/c1-13(2)12-16(17(20)19-10-4-5-11-19)18-24(21,22)15-8-6-14(23-3)7-9-15/h6-9,13,16,18H,4-5,10-12H2,1-3H3. The van der Waals surface area contributed by atoms with Crippen LogP contribution in [0.2, 0.25) is 0 Å². The number of nitrogens with one attached hydrogen (secondary N) is 1. The van der Waals surface area contributed by atoms with Gasteiger partial charge in [0.2, 0.25) is 15.9 Å². The average Bonchev–Trinajstić information content (AvgIpc) is 3.07. The van der Waals surface area contributed by atoms with E-state index in [1.165, 1.54) is 19.2 Å². The van der Waals surface area contributed by atoms with Gasteiger partial charge in [-0.25, -0.2) is 8.42 Å².